The first-order valence-corrected chi connectivity index (χ1v) is 4.23. The maximum absolute atomic E-state index is 10.7. The topological polar surface area (TPSA) is 72.5 Å². The van der Waals surface area contributed by atoms with Crippen molar-refractivity contribution in [2.24, 2.45) is 5.73 Å². The number of carboxylic acids is 1. The van der Waals surface area contributed by atoms with Crippen LogP contribution in [0.2, 0.25) is 0 Å². The van der Waals surface area contributed by atoms with Gasteiger partial charge in [-0.2, -0.15) is 0 Å². The Labute approximate surface area is 82.3 Å². The van der Waals surface area contributed by atoms with Crippen molar-refractivity contribution in [1.82, 2.24) is 0 Å². The fourth-order valence-electron chi connectivity index (χ4n) is 1.22. The van der Waals surface area contributed by atoms with Gasteiger partial charge < -0.3 is 15.6 Å². The third-order valence-corrected chi connectivity index (χ3v) is 1.97. The second kappa shape index (κ2) is 4.11. The van der Waals surface area contributed by atoms with Crippen LogP contribution in [0.4, 0.5) is 0 Å². The van der Waals surface area contributed by atoms with Gasteiger partial charge >= 0.3 is 5.97 Å². The van der Waals surface area contributed by atoms with Crippen LogP contribution in [0.15, 0.2) is 18.2 Å². The summed E-state index contributed by atoms with van der Waals surface area (Å²) in [6, 6.07) is 4.49. The normalized spacial score (nSPS) is 12.2. The summed E-state index contributed by atoms with van der Waals surface area (Å²) in [7, 11) is 1.49. The first kappa shape index (κ1) is 10.5. The van der Waals surface area contributed by atoms with Crippen molar-refractivity contribution in [3.05, 3.63) is 29.3 Å². The molecule has 4 heteroatoms. The van der Waals surface area contributed by atoms with Crippen LogP contribution >= 0.6 is 0 Å². The Hall–Kier alpha value is -1.55. The lowest BCUT2D eigenvalue weighted by molar-refractivity contribution is 0.0696. The van der Waals surface area contributed by atoms with Gasteiger partial charge in [0.25, 0.3) is 0 Å². The van der Waals surface area contributed by atoms with Crippen molar-refractivity contribution >= 4 is 5.97 Å². The number of aromatic carboxylic acids is 1. The molecule has 1 rings (SSSR count). The van der Waals surface area contributed by atoms with Crippen LogP contribution in [0.5, 0.6) is 5.75 Å². The highest BCUT2D eigenvalue weighted by atomic mass is 16.5. The van der Waals surface area contributed by atoms with E-state index >= 15 is 0 Å². The molecule has 0 spiro atoms. The van der Waals surface area contributed by atoms with E-state index in [-0.39, 0.29) is 11.6 Å². The maximum atomic E-state index is 10.7. The van der Waals surface area contributed by atoms with Crippen LogP contribution in [0.1, 0.15) is 28.9 Å². The number of carbonyl (C=O) groups is 1. The minimum absolute atomic E-state index is 0.173. The summed E-state index contributed by atoms with van der Waals surface area (Å²) in [4.78, 5) is 10.7. The fourth-order valence-corrected chi connectivity index (χ4v) is 1.22. The molecule has 0 bridgehead atoms. The van der Waals surface area contributed by atoms with Gasteiger partial charge in [0.05, 0.1) is 12.7 Å². The average molecular weight is 195 g/mol. The molecule has 0 fully saturated rings. The molecule has 0 aliphatic rings. The number of rotatable bonds is 3. The summed E-state index contributed by atoms with van der Waals surface area (Å²) >= 11 is 0. The van der Waals surface area contributed by atoms with Crippen molar-refractivity contribution in [1.29, 1.82) is 0 Å². The van der Waals surface area contributed by atoms with Gasteiger partial charge in [-0.25, -0.2) is 4.79 Å². The van der Waals surface area contributed by atoms with E-state index in [9.17, 15) is 4.79 Å². The number of ether oxygens (including phenoxy) is 1. The van der Waals surface area contributed by atoms with Crippen LogP contribution in [-0.4, -0.2) is 18.2 Å². The first-order valence-electron chi connectivity index (χ1n) is 4.23. The van der Waals surface area contributed by atoms with E-state index < -0.39 is 5.97 Å². The van der Waals surface area contributed by atoms with Gasteiger partial charge in [0.2, 0.25) is 0 Å². The van der Waals surface area contributed by atoms with Gasteiger partial charge in [-0.05, 0) is 19.1 Å². The van der Waals surface area contributed by atoms with Gasteiger partial charge in [-0.15, -0.1) is 0 Å². The molecule has 0 heterocycles. The molecule has 0 amide bonds. The average Bonchev–Trinajstić information content (AvgIpc) is 2.16. The smallest absolute Gasteiger partial charge is 0.335 e. The number of benzene rings is 1. The summed E-state index contributed by atoms with van der Waals surface area (Å²) < 4.78 is 5.05. The molecule has 0 aliphatic carbocycles. The molecule has 1 aromatic carbocycles. The minimum atomic E-state index is -0.973. The van der Waals surface area contributed by atoms with Crippen LogP contribution in [0, 0.1) is 0 Å². The third-order valence-electron chi connectivity index (χ3n) is 1.97. The SMILES string of the molecule is COc1cc(C(=O)O)ccc1C(C)N. The van der Waals surface area contributed by atoms with Crippen molar-refractivity contribution in [2.75, 3.05) is 7.11 Å². The fraction of sp³-hybridized carbons (Fsp3) is 0.300. The molecule has 76 valence electrons. The predicted octanol–water partition coefficient (Wildman–Crippen LogP) is 1.41. The Morgan fingerprint density at radius 2 is 2.21 bits per heavy atom. The van der Waals surface area contributed by atoms with E-state index in [0.717, 1.165) is 5.56 Å². The number of methoxy groups -OCH3 is 1. The summed E-state index contributed by atoms with van der Waals surface area (Å²) in [5.74, 6) is -0.459. The van der Waals surface area contributed by atoms with Crippen LogP contribution in [0.25, 0.3) is 0 Å². The van der Waals surface area contributed by atoms with Gasteiger partial charge in [-0.1, -0.05) is 6.07 Å². The lowest BCUT2D eigenvalue weighted by Crippen LogP contribution is -2.08. The molecule has 1 unspecified atom stereocenters. The standard InChI is InChI=1S/C10H13NO3/c1-6(11)8-4-3-7(10(12)13)5-9(8)14-2/h3-6H,11H2,1-2H3,(H,12,13). The zero-order chi connectivity index (χ0) is 10.7. The summed E-state index contributed by atoms with van der Waals surface area (Å²) in [6.07, 6.45) is 0. The van der Waals surface area contributed by atoms with Gasteiger partial charge in [0, 0.05) is 11.6 Å². The molecular weight excluding hydrogens is 182 g/mol. The molecule has 0 saturated carbocycles. The highest BCUT2D eigenvalue weighted by Gasteiger charge is 2.11. The van der Waals surface area contributed by atoms with Crippen molar-refractivity contribution in [2.45, 2.75) is 13.0 Å². The molecule has 0 saturated heterocycles. The van der Waals surface area contributed by atoms with E-state index in [0.29, 0.717) is 5.75 Å². The Balaban J connectivity index is 3.18. The lowest BCUT2D eigenvalue weighted by Gasteiger charge is -2.11. The van der Waals surface area contributed by atoms with E-state index in [1.165, 1.54) is 19.2 Å². The summed E-state index contributed by atoms with van der Waals surface area (Å²) in [6.45, 7) is 1.82. The Bertz CT molecular complexity index is 347. The molecule has 0 radical (unpaired) electrons. The predicted molar refractivity (Wildman–Crippen MR) is 52.6 cm³/mol. The first-order chi connectivity index (χ1) is 6.56. The lowest BCUT2D eigenvalue weighted by atomic mass is 10.1. The molecule has 3 N–H and O–H groups in total. The summed E-state index contributed by atoms with van der Waals surface area (Å²) in [5.41, 5.74) is 6.69. The van der Waals surface area contributed by atoms with Gasteiger partial charge in [0.15, 0.2) is 0 Å². The molecule has 1 aromatic rings. The number of hydrogen-bond donors (Lipinski definition) is 2. The van der Waals surface area contributed by atoms with Crippen LogP contribution in [0.3, 0.4) is 0 Å². The molecular formula is C10H13NO3. The molecule has 0 aromatic heterocycles. The van der Waals surface area contributed by atoms with Crippen molar-refractivity contribution < 1.29 is 14.6 Å². The van der Waals surface area contributed by atoms with E-state index in [1.807, 2.05) is 6.92 Å². The second-order valence-electron chi connectivity index (χ2n) is 3.05. The van der Waals surface area contributed by atoms with Gasteiger partial charge in [0.1, 0.15) is 5.75 Å². The third kappa shape index (κ3) is 2.03. The number of hydrogen-bond acceptors (Lipinski definition) is 3. The molecule has 1 atom stereocenters. The highest BCUT2D eigenvalue weighted by molar-refractivity contribution is 5.88. The Kier molecular flexibility index (Phi) is 3.09. The Morgan fingerprint density at radius 3 is 2.64 bits per heavy atom. The zero-order valence-corrected chi connectivity index (χ0v) is 8.15. The second-order valence-corrected chi connectivity index (χ2v) is 3.05. The van der Waals surface area contributed by atoms with Crippen molar-refractivity contribution in [3.63, 3.8) is 0 Å². The summed E-state index contributed by atoms with van der Waals surface area (Å²) in [5, 5.41) is 8.75. The molecule has 14 heavy (non-hydrogen) atoms. The monoisotopic (exact) mass is 195 g/mol. The minimum Gasteiger partial charge on any atom is -0.496 e. The quantitative estimate of drug-likeness (QED) is 0.764. The van der Waals surface area contributed by atoms with Gasteiger partial charge in [-0.3, -0.25) is 0 Å². The van der Waals surface area contributed by atoms with Crippen molar-refractivity contribution in [3.8, 4) is 5.75 Å². The highest BCUT2D eigenvalue weighted by Crippen LogP contribution is 2.24. The maximum Gasteiger partial charge on any atom is 0.335 e. The number of nitrogens with two attached hydrogens (primary N) is 1. The molecule has 0 aliphatic heterocycles. The van der Waals surface area contributed by atoms with E-state index in [1.54, 1.807) is 6.07 Å². The number of carboxylic acid groups (broad SMARTS) is 1. The van der Waals surface area contributed by atoms with Crippen LogP contribution in [-0.2, 0) is 0 Å². The molecule has 4 nitrogen and oxygen atoms in total. The zero-order valence-electron chi connectivity index (χ0n) is 8.15. The van der Waals surface area contributed by atoms with E-state index in [4.69, 9.17) is 15.6 Å². The Morgan fingerprint density at radius 1 is 1.57 bits per heavy atom. The largest absolute Gasteiger partial charge is 0.496 e. The van der Waals surface area contributed by atoms with Crippen LogP contribution < -0.4 is 10.5 Å². The van der Waals surface area contributed by atoms with E-state index in [2.05, 4.69) is 0 Å².